The van der Waals surface area contributed by atoms with Crippen LogP contribution in [-0.2, 0) is 14.3 Å². The van der Waals surface area contributed by atoms with E-state index in [1.165, 1.54) is 0 Å². The Bertz CT molecular complexity index is 809. The molecule has 0 N–H and O–H groups in total. The average Bonchev–Trinajstić information content (AvgIpc) is 3.02. The molecule has 1 aliphatic rings. The van der Waals surface area contributed by atoms with E-state index >= 15 is 0 Å². The van der Waals surface area contributed by atoms with Crippen molar-refractivity contribution < 1.29 is 23.9 Å². The minimum absolute atomic E-state index is 0.00805. The molecular formula is C19H17NO5. The van der Waals surface area contributed by atoms with Crippen LogP contribution in [0.2, 0.25) is 0 Å². The van der Waals surface area contributed by atoms with Crippen molar-refractivity contribution in [2.24, 2.45) is 5.16 Å². The molecule has 0 aliphatic carbocycles. The van der Waals surface area contributed by atoms with Crippen molar-refractivity contribution in [1.82, 2.24) is 0 Å². The van der Waals surface area contributed by atoms with Crippen molar-refractivity contribution in [2.45, 2.75) is 20.0 Å². The number of carbonyl (C=O) groups is 2. The van der Waals surface area contributed by atoms with Crippen LogP contribution in [0.3, 0.4) is 0 Å². The lowest BCUT2D eigenvalue weighted by molar-refractivity contribution is 0.0262. The maximum atomic E-state index is 12.2. The Balaban J connectivity index is 1.64. The summed E-state index contributed by atoms with van der Waals surface area (Å²) in [7, 11) is 0. The fraction of sp³-hybridized carbons (Fsp3) is 0.211. The van der Waals surface area contributed by atoms with Crippen LogP contribution in [0.5, 0.6) is 0 Å². The number of benzene rings is 2. The lowest BCUT2D eigenvalue weighted by Gasteiger charge is -2.12. The fourth-order valence-electron chi connectivity index (χ4n) is 2.20. The molecule has 3 rings (SSSR count). The second-order valence-electron chi connectivity index (χ2n) is 5.74. The SMILES string of the molecule is Cc1ccc(C(=O)OC2=NOCC2OC(=O)c2ccc(C)cc2)cc1. The Morgan fingerprint density at radius 2 is 1.44 bits per heavy atom. The second-order valence-corrected chi connectivity index (χ2v) is 5.74. The van der Waals surface area contributed by atoms with E-state index in [-0.39, 0.29) is 12.5 Å². The zero-order valence-corrected chi connectivity index (χ0v) is 13.9. The standard InChI is InChI=1S/C19H17NO5/c1-12-3-7-14(8-4-12)18(21)24-16-11-23-20-17(16)25-19(22)15-9-5-13(2)6-10-15/h3-10,16H,11H2,1-2H3. The highest BCUT2D eigenvalue weighted by molar-refractivity contribution is 6.01. The summed E-state index contributed by atoms with van der Waals surface area (Å²) in [4.78, 5) is 29.2. The molecule has 0 spiro atoms. The zero-order chi connectivity index (χ0) is 17.8. The number of rotatable bonds is 3. The van der Waals surface area contributed by atoms with Gasteiger partial charge in [-0.3, -0.25) is 0 Å². The van der Waals surface area contributed by atoms with Crippen LogP contribution in [-0.4, -0.2) is 30.5 Å². The lowest BCUT2D eigenvalue weighted by Crippen LogP contribution is -2.30. The molecule has 1 heterocycles. The van der Waals surface area contributed by atoms with Gasteiger partial charge in [0.15, 0.2) is 6.61 Å². The molecule has 128 valence electrons. The molecule has 1 unspecified atom stereocenters. The van der Waals surface area contributed by atoms with Crippen LogP contribution in [0, 0.1) is 13.8 Å². The molecule has 0 radical (unpaired) electrons. The van der Waals surface area contributed by atoms with E-state index in [0.29, 0.717) is 11.1 Å². The number of hydrogen-bond donors (Lipinski definition) is 0. The molecule has 2 aromatic rings. The minimum atomic E-state index is -0.858. The second kappa shape index (κ2) is 7.17. The first-order chi connectivity index (χ1) is 12.0. The third-order valence-electron chi connectivity index (χ3n) is 3.68. The first kappa shape index (κ1) is 16.7. The first-order valence-electron chi connectivity index (χ1n) is 7.79. The van der Waals surface area contributed by atoms with Gasteiger partial charge in [0.25, 0.3) is 5.90 Å². The number of hydrogen-bond acceptors (Lipinski definition) is 6. The largest absolute Gasteiger partial charge is 0.445 e. The third kappa shape index (κ3) is 4.03. The van der Waals surface area contributed by atoms with Crippen molar-refractivity contribution in [3.05, 3.63) is 70.8 Å². The summed E-state index contributed by atoms with van der Waals surface area (Å²) in [5.74, 6) is -1.18. The molecule has 0 saturated carbocycles. The Kier molecular flexibility index (Phi) is 4.79. The maximum absolute atomic E-state index is 12.2. The van der Waals surface area contributed by atoms with Crippen molar-refractivity contribution in [3.63, 3.8) is 0 Å². The minimum Gasteiger partial charge on any atom is -0.445 e. The Labute approximate surface area is 145 Å². The van der Waals surface area contributed by atoms with E-state index in [4.69, 9.17) is 14.3 Å². The summed E-state index contributed by atoms with van der Waals surface area (Å²) in [6.07, 6.45) is -0.858. The number of oxime groups is 1. The van der Waals surface area contributed by atoms with Gasteiger partial charge in [0.1, 0.15) is 0 Å². The van der Waals surface area contributed by atoms with E-state index in [1.54, 1.807) is 36.4 Å². The predicted octanol–water partition coefficient (Wildman–Crippen LogP) is 3.03. The van der Waals surface area contributed by atoms with Gasteiger partial charge in [-0.05, 0) is 43.3 Å². The molecule has 6 heteroatoms. The van der Waals surface area contributed by atoms with Crippen LogP contribution < -0.4 is 0 Å². The molecule has 0 amide bonds. The highest BCUT2D eigenvalue weighted by atomic mass is 16.7. The summed E-state index contributed by atoms with van der Waals surface area (Å²) in [5.41, 5.74) is 2.85. The van der Waals surface area contributed by atoms with E-state index in [2.05, 4.69) is 5.16 Å². The number of aryl methyl sites for hydroxylation is 2. The van der Waals surface area contributed by atoms with Gasteiger partial charge >= 0.3 is 11.9 Å². The molecule has 0 bridgehead atoms. The summed E-state index contributed by atoms with van der Waals surface area (Å²) in [6, 6.07) is 13.9. The molecule has 1 aliphatic heterocycles. The fourth-order valence-corrected chi connectivity index (χ4v) is 2.20. The van der Waals surface area contributed by atoms with Crippen LogP contribution in [0.25, 0.3) is 0 Å². The molecule has 0 aromatic heterocycles. The number of esters is 2. The van der Waals surface area contributed by atoms with Gasteiger partial charge in [0.2, 0.25) is 6.10 Å². The smallest absolute Gasteiger partial charge is 0.344 e. The van der Waals surface area contributed by atoms with E-state index in [1.807, 2.05) is 26.0 Å². The molecule has 0 saturated heterocycles. The van der Waals surface area contributed by atoms with Crippen molar-refractivity contribution in [2.75, 3.05) is 6.61 Å². The van der Waals surface area contributed by atoms with Gasteiger partial charge in [0.05, 0.1) is 11.1 Å². The zero-order valence-electron chi connectivity index (χ0n) is 13.9. The van der Waals surface area contributed by atoms with Gasteiger partial charge in [0, 0.05) is 0 Å². The normalized spacial score (nSPS) is 15.9. The van der Waals surface area contributed by atoms with Crippen LogP contribution in [0.15, 0.2) is 53.7 Å². The Hall–Kier alpha value is -3.15. The Morgan fingerprint density at radius 3 is 2.00 bits per heavy atom. The molecule has 0 fully saturated rings. The average molecular weight is 339 g/mol. The van der Waals surface area contributed by atoms with Gasteiger partial charge in [-0.25, -0.2) is 9.59 Å². The number of nitrogens with zero attached hydrogens (tertiary/aromatic N) is 1. The monoisotopic (exact) mass is 339 g/mol. The van der Waals surface area contributed by atoms with Crippen molar-refractivity contribution >= 4 is 17.8 Å². The van der Waals surface area contributed by atoms with Crippen molar-refractivity contribution in [3.8, 4) is 0 Å². The highest BCUT2D eigenvalue weighted by Crippen LogP contribution is 2.14. The summed E-state index contributed by atoms with van der Waals surface area (Å²) in [6.45, 7) is 3.86. The highest BCUT2D eigenvalue weighted by Gasteiger charge is 2.31. The Morgan fingerprint density at radius 1 is 0.920 bits per heavy atom. The first-order valence-corrected chi connectivity index (χ1v) is 7.79. The molecule has 1 atom stereocenters. The van der Waals surface area contributed by atoms with Crippen LogP contribution in [0.1, 0.15) is 31.8 Å². The van der Waals surface area contributed by atoms with Gasteiger partial charge in [-0.15, -0.1) is 0 Å². The molecular weight excluding hydrogens is 322 g/mol. The predicted molar refractivity (Wildman–Crippen MR) is 90.4 cm³/mol. The topological polar surface area (TPSA) is 74.2 Å². The number of ether oxygens (including phenoxy) is 2. The summed E-state index contributed by atoms with van der Waals surface area (Å²) in [5, 5.41) is 3.66. The summed E-state index contributed by atoms with van der Waals surface area (Å²) >= 11 is 0. The van der Waals surface area contributed by atoms with Gasteiger partial charge in [-0.1, -0.05) is 35.4 Å². The summed E-state index contributed by atoms with van der Waals surface area (Å²) < 4.78 is 10.5. The number of carbonyl (C=O) groups excluding carboxylic acids is 2. The molecule has 25 heavy (non-hydrogen) atoms. The van der Waals surface area contributed by atoms with E-state index in [9.17, 15) is 9.59 Å². The van der Waals surface area contributed by atoms with Crippen LogP contribution in [0.4, 0.5) is 0 Å². The van der Waals surface area contributed by atoms with Gasteiger partial charge < -0.3 is 14.3 Å². The van der Waals surface area contributed by atoms with E-state index in [0.717, 1.165) is 11.1 Å². The molecule has 2 aromatic carbocycles. The maximum Gasteiger partial charge on any atom is 0.344 e. The van der Waals surface area contributed by atoms with E-state index < -0.39 is 18.0 Å². The van der Waals surface area contributed by atoms with Crippen LogP contribution >= 0.6 is 0 Å². The van der Waals surface area contributed by atoms with Gasteiger partial charge in [-0.2, -0.15) is 0 Å². The quantitative estimate of drug-likeness (QED) is 0.804. The third-order valence-corrected chi connectivity index (χ3v) is 3.68. The molecule has 6 nitrogen and oxygen atoms in total. The van der Waals surface area contributed by atoms with Crippen molar-refractivity contribution in [1.29, 1.82) is 0 Å². The lowest BCUT2D eigenvalue weighted by atomic mass is 10.1.